The second kappa shape index (κ2) is 5.10. The van der Waals surface area contributed by atoms with Gasteiger partial charge in [-0.1, -0.05) is 30.3 Å². The zero-order valence-electron chi connectivity index (χ0n) is 11.0. The molecule has 3 rings (SSSR count). The Bertz CT molecular complexity index is 890. The van der Waals surface area contributed by atoms with E-state index in [9.17, 15) is 13.5 Å². The van der Waals surface area contributed by atoms with Crippen LogP contribution in [0.3, 0.4) is 0 Å². The van der Waals surface area contributed by atoms with Gasteiger partial charge in [0.25, 0.3) is 10.0 Å². The number of rotatable bonds is 3. The van der Waals surface area contributed by atoms with Crippen molar-refractivity contribution in [3.05, 3.63) is 66.7 Å². The van der Waals surface area contributed by atoms with Gasteiger partial charge in [0.15, 0.2) is 0 Å². The second-order valence-electron chi connectivity index (χ2n) is 4.66. The number of para-hydroxylation sites is 1. The van der Waals surface area contributed by atoms with Crippen molar-refractivity contribution in [2.45, 2.75) is 4.90 Å². The lowest BCUT2D eigenvalue weighted by molar-refractivity contribution is 0.476. The highest BCUT2D eigenvalue weighted by Crippen LogP contribution is 2.24. The number of hydrogen-bond donors (Lipinski definition) is 2. The summed E-state index contributed by atoms with van der Waals surface area (Å²) in [4.78, 5) is 0.185. The van der Waals surface area contributed by atoms with Crippen molar-refractivity contribution < 1.29 is 13.5 Å². The molecule has 3 aromatic rings. The fourth-order valence-corrected chi connectivity index (χ4v) is 3.19. The summed E-state index contributed by atoms with van der Waals surface area (Å²) in [5.74, 6) is 0.153. The molecule has 4 nitrogen and oxygen atoms in total. The Balaban J connectivity index is 2.01. The Morgan fingerprint density at radius 2 is 1.48 bits per heavy atom. The molecule has 0 amide bonds. The van der Waals surface area contributed by atoms with Gasteiger partial charge in [0.1, 0.15) is 5.75 Å². The van der Waals surface area contributed by atoms with E-state index in [-0.39, 0.29) is 10.6 Å². The average molecular weight is 299 g/mol. The monoisotopic (exact) mass is 299 g/mol. The molecule has 0 saturated carbocycles. The summed E-state index contributed by atoms with van der Waals surface area (Å²) in [5.41, 5.74) is 0.517. The molecule has 0 aliphatic rings. The number of benzene rings is 3. The van der Waals surface area contributed by atoms with Gasteiger partial charge in [-0.15, -0.1) is 0 Å². The number of anilines is 1. The standard InChI is InChI=1S/C16H13NO3S/c18-15-8-6-13-11-16(9-7-12(13)10-15)21(19,20)17-14-4-2-1-3-5-14/h1-11,17-18H. The van der Waals surface area contributed by atoms with Gasteiger partial charge in [-0.25, -0.2) is 8.42 Å². The largest absolute Gasteiger partial charge is 0.508 e. The molecular formula is C16H13NO3S. The Morgan fingerprint density at radius 3 is 2.24 bits per heavy atom. The van der Waals surface area contributed by atoms with Gasteiger partial charge in [-0.05, 0) is 47.2 Å². The van der Waals surface area contributed by atoms with Crippen LogP contribution in [0, 0.1) is 0 Å². The van der Waals surface area contributed by atoms with Crippen LogP contribution < -0.4 is 4.72 Å². The van der Waals surface area contributed by atoms with Gasteiger partial charge in [-0.3, -0.25) is 4.72 Å². The number of nitrogens with one attached hydrogen (secondary N) is 1. The number of hydrogen-bond acceptors (Lipinski definition) is 3. The normalized spacial score (nSPS) is 11.4. The van der Waals surface area contributed by atoms with E-state index in [1.165, 1.54) is 12.1 Å². The molecule has 0 atom stereocenters. The van der Waals surface area contributed by atoms with E-state index in [0.29, 0.717) is 5.69 Å². The van der Waals surface area contributed by atoms with Crippen molar-refractivity contribution >= 4 is 26.5 Å². The minimum atomic E-state index is -3.63. The van der Waals surface area contributed by atoms with Crippen molar-refractivity contribution in [2.75, 3.05) is 4.72 Å². The molecule has 0 unspecified atom stereocenters. The van der Waals surface area contributed by atoms with E-state index in [4.69, 9.17) is 0 Å². The third-order valence-electron chi connectivity index (χ3n) is 3.13. The van der Waals surface area contributed by atoms with Crippen molar-refractivity contribution in [2.24, 2.45) is 0 Å². The third kappa shape index (κ3) is 2.83. The van der Waals surface area contributed by atoms with Gasteiger partial charge in [0, 0.05) is 5.69 Å². The number of phenols is 1. The molecule has 5 heteroatoms. The summed E-state index contributed by atoms with van der Waals surface area (Å²) in [6.07, 6.45) is 0. The highest BCUT2D eigenvalue weighted by Gasteiger charge is 2.14. The predicted molar refractivity (Wildman–Crippen MR) is 82.9 cm³/mol. The first kappa shape index (κ1) is 13.5. The van der Waals surface area contributed by atoms with Gasteiger partial charge >= 0.3 is 0 Å². The Morgan fingerprint density at radius 1 is 0.810 bits per heavy atom. The number of fused-ring (bicyclic) bond motifs is 1. The van der Waals surface area contributed by atoms with Crippen LogP contribution in [0.1, 0.15) is 0 Å². The predicted octanol–water partition coefficient (Wildman–Crippen LogP) is 3.35. The minimum absolute atomic E-state index is 0.153. The van der Waals surface area contributed by atoms with Crippen LogP contribution in [-0.4, -0.2) is 13.5 Å². The highest BCUT2D eigenvalue weighted by molar-refractivity contribution is 7.92. The van der Waals surface area contributed by atoms with Crippen LogP contribution in [0.4, 0.5) is 5.69 Å². The molecule has 0 heterocycles. The van der Waals surface area contributed by atoms with Crippen LogP contribution in [0.25, 0.3) is 10.8 Å². The lowest BCUT2D eigenvalue weighted by Crippen LogP contribution is -2.12. The zero-order chi connectivity index (χ0) is 14.9. The smallest absolute Gasteiger partial charge is 0.261 e. The van der Waals surface area contributed by atoms with Gasteiger partial charge < -0.3 is 5.11 Å². The molecule has 0 aliphatic carbocycles. The fraction of sp³-hybridized carbons (Fsp3) is 0. The maximum absolute atomic E-state index is 12.4. The second-order valence-corrected chi connectivity index (χ2v) is 6.35. The minimum Gasteiger partial charge on any atom is -0.508 e. The molecule has 0 fully saturated rings. The molecule has 21 heavy (non-hydrogen) atoms. The molecule has 3 aromatic carbocycles. The topological polar surface area (TPSA) is 66.4 Å². The lowest BCUT2D eigenvalue weighted by Gasteiger charge is -2.09. The van der Waals surface area contributed by atoms with E-state index in [0.717, 1.165) is 10.8 Å². The van der Waals surface area contributed by atoms with Crippen LogP contribution in [0.2, 0.25) is 0 Å². The van der Waals surface area contributed by atoms with Crippen molar-refractivity contribution in [3.63, 3.8) is 0 Å². The Hall–Kier alpha value is -2.53. The maximum atomic E-state index is 12.4. The van der Waals surface area contributed by atoms with Crippen molar-refractivity contribution in [1.82, 2.24) is 0 Å². The molecule has 2 N–H and O–H groups in total. The van der Waals surface area contributed by atoms with Crippen LogP contribution in [0.5, 0.6) is 5.75 Å². The maximum Gasteiger partial charge on any atom is 0.261 e. The zero-order valence-corrected chi connectivity index (χ0v) is 11.8. The third-order valence-corrected chi connectivity index (χ3v) is 4.51. The van der Waals surface area contributed by atoms with Gasteiger partial charge in [0.05, 0.1) is 4.90 Å². The summed E-state index contributed by atoms with van der Waals surface area (Å²) < 4.78 is 27.2. The van der Waals surface area contributed by atoms with E-state index in [2.05, 4.69) is 4.72 Å². The summed E-state index contributed by atoms with van der Waals surface area (Å²) in [6.45, 7) is 0. The molecular weight excluding hydrogens is 286 g/mol. The van der Waals surface area contributed by atoms with Crippen molar-refractivity contribution in [3.8, 4) is 5.75 Å². The number of phenolic OH excluding ortho intramolecular Hbond substituents is 1. The number of aromatic hydroxyl groups is 1. The number of sulfonamides is 1. The van der Waals surface area contributed by atoms with Crippen LogP contribution in [-0.2, 0) is 10.0 Å². The summed E-state index contributed by atoms with van der Waals surface area (Å²) in [5, 5.41) is 11.0. The van der Waals surface area contributed by atoms with E-state index < -0.39 is 10.0 Å². The SMILES string of the molecule is O=S(=O)(Nc1ccccc1)c1ccc2cc(O)ccc2c1. The molecule has 0 radical (unpaired) electrons. The van der Waals surface area contributed by atoms with E-state index in [1.54, 1.807) is 48.5 Å². The van der Waals surface area contributed by atoms with Crippen LogP contribution >= 0.6 is 0 Å². The van der Waals surface area contributed by atoms with Crippen LogP contribution in [0.15, 0.2) is 71.6 Å². The Kier molecular flexibility index (Phi) is 3.27. The quantitative estimate of drug-likeness (QED) is 0.779. The van der Waals surface area contributed by atoms with E-state index in [1.807, 2.05) is 6.07 Å². The first-order valence-electron chi connectivity index (χ1n) is 6.35. The van der Waals surface area contributed by atoms with E-state index >= 15 is 0 Å². The molecule has 0 aromatic heterocycles. The average Bonchev–Trinajstić information content (AvgIpc) is 2.47. The lowest BCUT2D eigenvalue weighted by atomic mass is 10.1. The first-order valence-corrected chi connectivity index (χ1v) is 7.84. The summed E-state index contributed by atoms with van der Waals surface area (Å²) >= 11 is 0. The molecule has 106 valence electrons. The Labute approximate surface area is 122 Å². The summed E-state index contributed by atoms with van der Waals surface area (Å²) in [6, 6.07) is 18.3. The molecule has 0 aliphatic heterocycles. The summed E-state index contributed by atoms with van der Waals surface area (Å²) in [7, 11) is -3.63. The molecule has 0 bridgehead atoms. The highest BCUT2D eigenvalue weighted by atomic mass is 32.2. The van der Waals surface area contributed by atoms with Gasteiger partial charge in [0.2, 0.25) is 0 Å². The fourth-order valence-electron chi connectivity index (χ4n) is 2.10. The van der Waals surface area contributed by atoms with Gasteiger partial charge in [-0.2, -0.15) is 0 Å². The molecule has 0 saturated heterocycles. The molecule has 0 spiro atoms. The van der Waals surface area contributed by atoms with Crippen molar-refractivity contribution in [1.29, 1.82) is 0 Å². The first-order chi connectivity index (χ1) is 10.0.